The molecule has 1 saturated heterocycles. The maximum atomic E-state index is 13.8. The van der Waals surface area contributed by atoms with E-state index in [9.17, 15) is 22.8 Å². The number of carbonyl (C=O) groups is 2. The molecule has 2 aliphatic rings. The normalized spacial score (nSPS) is 18.2. The highest BCUT2D eigenvalue weighted by Gasteiger charge is 2.46. The van der Waals surface area contributed by atoms with Crippen LogP contribution >= 0.6 is 0 Å². The van der Waals surface area contributed by atoms with Crippen LogP contribution in [0.5, 0.6) is 5.75 Å². The number of H-pyrrole nitrogens is 1. The zero-order valence-electron chi connectivity index (χ0n) is 21.7. The SMILES string of the molecule is CCC1=C(C(N)=O)c2n[nH]c(C(F)(F)F)c2C(C)(C)CN1C(=O)c1ccc(OCCN2CCOCC2)cc1. The molecule has 0 radical (unpaired) electrons. The van der Waals surface area contributed by atoms with Gasteiger partial charge in [0.1, 0.15) is 23.7 Å². The number of nitrogens with two attached hydrogens (primary N) is 1. The van der Waals surface area contributed by atoms with Crippen molar-refractivity contribution in [3.8, 4) is 5.75 Å². The van der Waals surface area contributed by atoms with Crippen molar-refractivity contribution < 1.29 is 32.2 Å². The second-order valence-corrected chi connectivity index (χ2v) is 9.96. The number of nitrogens with one attached hydrogen (secondary N) is 1. The van der Waals surface area contributed by atoms with E-state index < -0.39 is 29.1 Å². The molecule has 0 bridgehead atoms. The van der Waals surface area contributed by atoms with Crippen LogP contribution in [0, 0.1) is 0 Å². The number of halogens is 3. The van der Waals surface area contributed by atoms with Gasteiger partial charge in [0.25, 0.3) is 11.8 Å². The minimum atomic E-state index is -4.73. The molecule has 0 spiro atoms. The first kappa shape index (κ1) is 27.6. The Morgan fingerprint density at radius 2 is 1.84 bits per heavy atom. The number of aromatic amines is 1. The molecule has 12 heteroatoms. The van der Waals surface area contributed by atoms with Gasteiger partial charge in [-0.25, -0.2) is 0 Å². The van der Waals surface area contributed by atoms with Gasteiger partial charge in [-0.2, -0.15) is 18.3 Å². The Hall–Kier alpha value is -3.38. The van der Waals surface area contributed by atoms with Gasteiger partial charge in [-0.05, 0) is 30.7 Å². The number of alkyl halides is 3. The van der Waals surface area contributed by atoms with Crippen molar-refractivity contribution in [1.29, 1.82) is 0 Å². The molecule has 1 aromatic heterocycles. The van der Waals surface area contributed by atoms with Gasteiger partial charge < -0.3 is 20.1 Å². The smallest absolute Gasteiger partial charge is 0.433 e. The second kappa shape index (κ2) is 10.8. The summed E-state index contributed by atoms with van der Waals surface area (Å²) in [5.74, 6) is -0.830. The largest absolute Gasteiger partial charge is 0.492 e. The lowest BCUT2D eigenvalue weighted by atomic mass is 9.81. The molecule has 0 aliphatic carbocycles. The summed E-state index contributed by atoms with van der Waals surface area (Å²) >= 11 is 0. The first-order valence-corrected chi connectivity index (χ1v) is 12.5. The number of primary amides is 1. The van der Waals surface area contributed by atoms with E-state index in [1.54, 1.807) is 45.0 Å². The summed E-state index contributed by atoms with van der Waals surface area (Å²) in [5, 5.41) is 5.90. The average Bonchev–Trinajstić information content (AvgIpc) is 3.29. The third-order valence-electron chi connectivity index (χ3n) is 6.84. The summed E-state index contributed by atoms with van der Waals surface area (Å²) in [4.78, 5) is 29.8. The number of ether oxygens (including phenoxy) is 2. The first-order valence-electron chi connectivity index (χ1n) is 12.5. The monoisotopic (exact) mass is 535 g/mol. The Morgan fingerprint density at radius 3 is 2.42 bits per heavy atom. The zero-order chi connectivity index (χ0) is 27.7. The van der Waals surface area contributed by atoms with Gasteiger partial charge in [0, 0.05) is 48.4 Å². The number of rotatable bonds is 7. The molecule has 9 nitrogen and oxygen atoms in total. The fraction of sp³-hybridized carbons (Fsp3) is 0.500. The van der Waals surface area contributed by atoms with E-state index in [-0.39, 0.29) is 35.5 Å². The van der Waals surface area contributed by atoms with E-state index in [2.05, 4.69) is 10.00 Å². The third-order valence-corrected chi connectivity index (χ3v) is 6.84. The Kier molecular flexibility index (Phi) is 7.84. The fourth-order valence-electron chi connectivity index (χ4n) is 5.02. The maximum Gasteiger partial charge on any atom is 0.433 e. The molecule has 206 valence electrons. The van der Waals surface area contributed by atoms with Crippen molar-refractivity contribution in [3.05, 3.63) is 52.5 Å². The number of morpholine rings is 1. The zero-order valence-corrected chi connectivity index (χ0v) is 21.7. The molecule has 0 saturated carbocycles. The lowest BCUT2D eigenvalue weighted by Gasteiger charge is -2.32. The number of hydrogen-bond donors (Lipinski definition) is 2. The van der Waals surface area contributed by atoms with Gasteiger partial charge >= 0.3 is 6.18 Å². The predicted octanol–water partition coefficient (Wildman–Crippen LogP) is 3.18. The van der Waals surface area contributed by atoms with Crippen molar-refractivity contribution >= 4 is 17.4 Å². The van der Waals surface area contributed by atoms with Crippen molar-refractivity contribution in [2.45, 2.75) is 38.8 Å². The number of amides is 2. The Bertz CT molecular complexity index is 1210. The van der Waals surface area contributed by atoms with Crippen LogP contribution in [-0.2, 0) is 21.1 Å². The van der Waals surface area contributed by atoms with E-state index in [0.717, 1.165) is 19.6 Å². The van der Waals surface area contributed by atoms with Crippen LogP contribution in [0.2, 0.25) is 0 Å². The van der Waals surface area contributed by atoms with E-state index in [1.807, 2.05) is 5.10 Å². The van der Waals surface area contributed by atoms with Crippen molar-refractivity contribution in [3.63, 3.8) is 0 Å². The van der Waals surface area contributed by atoms with Crippen LogP contribution in [0.4, 0.5) is 13.2 Å². The number of allylic oxidation sites excluding steroid dienone is 1. The van der Waals surface area contributed by atoms with Gasteiger partial charge in [0.2, 0.25) is 0 Å². The quantitative estimate of drug-likeness (QED) is 0.563. The maximum absolute atomic E-state index is 13.8. The lowest BCUT2D eigenvalue weighted by molar-refractivity contribution is -0.142. The van der Waals surface area contributed by atoms with Crippen molar-refractivity contribution in [2.24, 2.45) is 5.73 Å². The molecule has 2 amide bonds. The van der Waals surface area contributed by atoms with E-state index in [0.29, 0.717) is 31.1 Å². The first-order chi connectivity index (χ1) is 17.9. The standard InChI is InChI=1S/C26H32F3N5O4/c1-4-18-19(23(30)35)21-20(22(32-31-21)26(27,28)29)25(2,3)15-34(18)24(36)16-5-7-17(8-6-16)38-14-11-33-9-12-37-13-10-33/h5-8H,4,9-15H2,1-3H3,(H2,30,35)(H,31,32). The molecule has 3 heterocycles. The molecule has 3 N–H and O–H groups in total. The van der Waals surface area contributed by atoms with Crippen LogP contribution in [0.25, 0.3) is 5.57 Å². The Labute approximate surface area is 218 Å². The van der Waals surface area contributed by atoms with Gasteiger partial charge in [-0.3, -0.25) is 19.6 Å². The van der Waals surface area contributed by atoms with Crippen molar-refractivity contribution in [1.82, 2.24) is 20.0 Å². The summed E-state index contributed by atoms with van der Waals surface area (Å²) in [7, 11) is 0. The summed E-state index contributed by atoms with van der Waals surface area (Å²) in [6.45, 7) is 9.11. The predicted molar refractivity (Wildman–Crippen MR) is 133 cm³/mol. The highest BCUT2D eigenvalue weighted by molar-refractivity contribution is 6.20. The fourth-order valence-corrected chi connectivity index (χ4v) is 5.02. The average molecular weight is 536 g/mol. The molecule has 0 unspecified atom stereocenters. The van der Waals surface area contributed by atoms with Crippen LogP contribution in [-0.4, -0.2) is 77.8 Å². The van der Waals surface area contributed by atoms with Crippen LogP contribution < -0.4 is 10.5 Å². The number of benzene rings is 1. The lowest BCUT2D eigenvalue weighted by Crippen LogP contribution is -2.40. The number of carbonyl (C=O) groups excluding carboxylic acids is 2. The molecular weight excluding hydrogens is 503 g/mol. The number of nitrogens with zero attached hydrogens (tertiary/aromatic N) is 3. The molecule has 38 heavy (non-hydrogen) atoms. The molecule has 1 fully saturated rings. The van der Waals surface area contributed by atoms with Gasteiger partial charge in [-0.1, -0.05) is 20.8 Å². The van der Waals surface area contributed by atoms with Crippen LogP contribution in [0.3, 0.4) is 0 Å². The molecule has 2 aliphatic heterocycles. The molecule has 0 atom stereocenters. The van der Waals surface area contributed by atoms with Gasteiger partial charge in [-0.15, -0.1) is 0 Å². The topological polar surface area (TPSA) is 114 Å². The number of fused-ring (bicyclic) bond motifs is 1. The minimum Gasteiger partial charge on any atom is -0.492 e. The van der Waals surface area contributed by atoms with Crippen LogP contribution in [0.15, 0.2) is 30.0 Å². The summed E-state index contributed by atoms with van der Waals surface area (Å²) in [6, 6.07) is 6.55. The van der Waals surface area contributed by atoms with E-state index >= 15 is 0 Å². The van der Waals surface area contributed by atoms with Gasteiger partial charge in [0.05, 0.1) is 18.8 Å². The van der Waals surface area contributed by atoms with Crippen LogP contribution in [0.1, 0.15) is 54.5 Å². The highest BCUT2D eigenvalue weighted by atomic mass is 19.4. The molecule has 1 aromatic carbocycles. The van der Waals surface area contributed by atoms with E-state index in [4.69, 9.17) is 15.2 Å². The van der Waals surface area contributed by atoms with Gasteiger partial charge in [0.15, 0.2) is 0 Å². The molecule has 4 rings (SSSR count). The summed E-state index contributed by atoms with van der Waals surface area (Å²) in [5.41, 5.74) is 3.35. The summed E-state index contributed by atoms with van der Waals surface area (Å²) < 4.78 is 52.7. The molecular formula is C26H32F3N5O4. The number of hydrogen-bond acceptors (Lipinski definition) is 6. The Morgan fingerprint density at radius 1 is 1.18 bits per heavy atom. The molecule has 2 aromatic rings. The van der Waals surface area contributed by atoms with Crippen molar-refractivity contribution in [2.75, 3.05) is 46.0 Å². The van der Waals surface area contributed by atoms with E-state index in [1.165, 1.54) is 4.90 Å². The minimum absolute atomic E-state index is 0.112. The summed E-state index contributed by atoms with van der Waals surface area (Å²) in [6.07, 6.45) is -4.56. The highest BCUT2D eigenvalue weighted by Crippen LogP contribution is 2.44. The Balaban J connectivity index is 1.61. The number of aromatic nitrogens is 2. The third kappa shape index (κ3) is 5.56. The second-order valence-electron chi connectivity index (χ2n) is 9.96.